The van der Waals surface area contributed by atoms with Gasteiger partial charge in [0.05, 0.1) is 4.92 Å². The number of nitro benzene ring substituents is 1. The lowest BCUT2D eigenvalue weighted by Crippen LogP contribution is -2.23. The van der Waals surface area contributed by atoms with Gasteiger partial charge >= 0.3 is 0 Å². The highest BCUT2D eigenvalue weighted by molar-refractivity contribution is 6.32. The molecule has 1 amide bonds. The molecule has 0 radical (unpaired) electrons. The summed E-state index contributed by atoms with van der Waals surface area (Å²) in [5, 5.41) is 10.8. The zero-order valence-corrected chi connectivity index (χ0v) is 14.5. The van der Waals surface area contributed by atoms with E-state index in [4.69, 9.17) is 11.6 Å². The zero-order chi connectivity index (χ0) is 18.7. The molecule has 0 unspecified atom stereocenters. The summed E-state index contributed by atoms with van der Waals surface area (Å²) in [6, 6.07) is 11.1. The third kappa shape index (κ3) is 3.81. The van der Waals surface area contributed by atoms with Crippen molar-refractivity contribution in [1.82, 2.24) is 0 Å². The van der Waals surface area contributed by atoms with Crippen LogP contribution in [0.25, 0.3) is 6.08 Å². The Morgan fingerprint density at radius 2 is 1.92 bits per heavy atom. The first kappa shape index (κ1) is 17.8. The van der Waals surface area contributed by atoms with Gasteiger partial charge in [0.15, 0.2) is 5.78 Å². The number of halogens is 1. The Bertz CT molecular complexity index is 906. The molecule has 0 aliphatic carbocycles. The van der Waals surface area contributed by atoms with Crippen LogP contribution in [0, 0.1) is 10.1 Å². The summed E-state index contributed by atoms with van der Waals surface area (Å²) in [6.07, 6.45) is 4.34. The van der Waals surface area contributed by atoms with Gasteiger partial charge in [-0.25, -0.2) is 0 Å². The van der Waals surface area contributed by atoms with Crippen LogP contribution in [0.5, 0.6) is 0 Å². The minimum Gasteiger partial charge on any atom is -0.312 e. The molecule has 7 heteroatoms. The minimum absolute atomic E-state index is 0.0178. The lowest BCUT2D eigenvalue weighted by molar-refractivity contribution is -0.384. The summed E-state index contributed by atoms with van der Waals surface area (Å²) < 4.78 is 0. The molecular formula is C19H15ClN2O4. The Hall–Kier alpha value is -2.99. The Morgan fingerprint density at radius 1 is 1.19 bits per heavy atom. The van der Waals surface area contributed by atoms with Crippen molar-refractivity contribution in [1.29, 1.82) is 0 Å². The molecule has 0 spiro atoms. The van der Waals surface area contributed by atoms with Crippen LogP contribution in [0.2, 0.25) is 5.02 Å². The van der Waals surface area contributed by atoms with Crippen molar-refractivity contribution in [3.63, 3.8) is 0 Å². The van der Waals surface area contributed by atoms with Gasteiger partial charge in [-0.1, -0.05) is 17.7 Å². The van der Waals surface area contributed by atoms with E-state index in [-0.39, 0.29) is 22.4 Å². The number of carbonyl (C=O) groups is 2. The highest BCUT2D eigenvalue weighted by Gasteiger charge is 2.21. The van der Waals surface area contributed by atoms with Crippen molar-refractivity contribution in [2.75, 3.05) is 11.4 Å². The first-order valence-corrected chi connectivity index (χ1v) is 8.40. The van der Waals surface area contributed by atoms with Crippen molar-refractivity contribution in [3.05, 3.63) is 74.8 Å². The number of amides is 1. The summed E-state index contributed by atoms with van der Waals surface area (Å²) >= 11 is 5.86. The molecule has 1 saturated heterocycles. The molecule has 1 fully saturated rings. The standard InChI is InChI=1S/C19H15ClN2O4/c20-16-12-13(3-9-17(16)22(25)26)4-10-18(23)14-5-7-15(8-6-14)21-11-1-2-19(21)24/h3-10,12H,1-2,11H2/b10-4+. The number of hydrogen-bond donors (Lipinski definition) is 0. The third-order valence-corrected chi connectivity index (χ3v) is 4.44. The van der Waals surface area contributed by atoms with E-state index in [0.717, 1.165) is 12.1 Å². The quantitative estimate of drug-likeness (QED) is 0.340. The zero-order valence-electron chi connectivity index (χ0n) is 13.7. The average molecular weight is 371 g/mol. The summed E-state index contributed by atoms with van der Waals surface area (Å²) in [5.41, 5.74) is 1.69. The number of benzene rings is 2. The van der Waals surface area contributed by atoms with Crippen LogP contribution in [0.3, 0.4) is 0 Å². The van der Waals surface area contributed by atoms with Crippen molar-refractivity contribution >= 4 is 40.7 Å². The largest absolute Gasteiger partial charge is 0.312 e. The van der Waals surface area contributed by atoms with Crippen LogP contribution in [0.1, 0.15) is 28.8 Å². The van der Waals surface area contributed by atoms with Crippen molar-refractivity contribution in [2.24, 2.45) is 0 Å². The number of rotatable bonds is 5. The monoisotopic (exact) mass is 370 g/mol. The highest BCUT2D eigenvalue weighted by atomic mass is 35.5. The number of ketones is 1. The van der Waals surface area contributed by atoms with Crippen LogP contribution >= 0.6 is 11.6 Å². The lowest BCUT2D eigenvalue weighted by atomic mass is 10.1. The molecule has 132 valence electrons. The molecule has 2 aromatic carbocycles. The minimum atomic E-state index is -0.562. The second-order valence-electron chi connectivity index (χ2n) is 5.86. The summed E-state index contributed by atoms with van der Waals surface area (Å²) in [5.74, 6) is -0.113. The van der Waals surface area contributed by atoms with Gasteiger partial charge in [0.2, 0.25) is 5.91 Å². The van der Waals surface area contributed by atoms with E-state index < -0.39 is 4.92 Å². The Labute approximate surface area is 154 Å². The fraction of sp³-hybridized carbons (Fsp3) is 0.158. The Kier molecular flexibility index (Phi) is 5.14. The normalized spacial score (nSPS) is 14.2. The molecule has 0 N–H and O–H groups in total. The first-order valence-electron chi connectivity index (χ1n) is 8.02. The van der Waals surface area contributed by atoms with E-state index >= 15 is 0 Å². The number of allylic oxidation sites excluding steroid dienone is 1. The van der Waals surface area contributed by atoms with Crippen LogP contribution in [0.15, 0.2) is 48.5 Å². The molecule has 0 saturated carbocycles. The molecule has 6 nitrogen and oxygen atoms in total. The second-order valence-corrected chi connectivity index (χ2v) is 6.27. The Balaban J connectivity index is 1.71. The molecule has 26 heavy (non-hydrogen) atoms. The molecule has 0 aromatic heterocycles. The van der Waals surface area contributed by atoms with Crippen molar-refractivity contribution in [3.8, 4) is 0 Å². The van der Waals surface area contributed by atoms with Crippen molar-refractivity contribution in [2.45, 2.75) is 12.8 Å². The molecule has 3 rings (SSSR count). The molecule has 2 aromatic rings. The maximum Gasteiger partial charge on any atom is 0.287 e. The van der Waals surface area contributed by atoms with Gasteiger partial charge in [0.1, 0.15) is 5.02 Å². The number of anilines is 1. The van der Waals surface area contributed by atoms with Gasteiger partial charge in [-0.2, -0.15) is 0 Å². The molecule has 1 heterocycles. The van der Waals surface area contributed by atoms with Gasteiger partial charge in [-0.3, -0.25) is 19.7 Å². The van der Waals surface area contributed by atoms with E-state index in [9.17, 15) is 19.7 Å². The van der Waals surface area contributed by atoms with Crippen LogP contribution in [-0.2, 0) is 4.79 Å². The molecule has 1 aliphatic rings. The number of nitrogens with zero attached hydrogens (tertiary/aromatic N) is 2. The average Bonchev–Trinajstić information content (AvgIpc) is 3.05. The van der Waals surface area contributed by atoms with Gasteiger partial charge in [0.25, 0.3) is 5.69 Å². The summed E-state index contributed by atoms with van der Waals surface area (Å²) in [7, 11) is 0. The lowest BCUT2D eigenvalue weighted by Gasteiger charge is -2.15. The molecule has 0 bridgehead atoms. The maximum atomic E-state index is 12.3. The van der Waals surface area contributed by atoms with E-state index in [2.05, 4.69) is 0 Å². The fourth-order valence-corrected chi connectivity index (χ4v) is 3.03. The van der Waals surface area contributed by atoms with Crippen LogP contribution < -0.4 is 4.90 Å². The van der Waals surface area contributed by atoms with Gasteiger partial charge < -0.3 is 4.90 Å². The third-order valence-electron chi connectivity index (χ3n) is 4.13. The number of hydrogen-bond acceptors (Lipinski definition) is 4. The summed E-state index contributed by atoms with van der Waals surface area (Å²) in [4.78, 5) is 35.9. The topological polar surface area (TPSA) is 80.5 Å². The maximum absolute atomic E-state index is 12.3. The summed E-state index contributed by atoms with van der Waals surface area (Å²) in [6.45, 7) is 0.701. The smallest absolute Gasteiger partial charge is 0.287 e. The number of carbonyl (C=O) groups excluding carboxylic acids is 2. The Morgan fingerprint density at radius 3 is 2.50 bits per heavy atom. The molecule has 1 aliphatic heterocycles. The van der Waals surface area contributed by atoms with Gasteiger partial charge in [-0.05, 0) is 54.5 Å². The highest BCUT2D eigenvalue weighted by Crippen LogP contribution is 2.26. The van der Waals surface area contributed by atoms with E-state index in [1.54, 1.807) is 35.2 Å². The van der Waals surface area contributed by atoms with Gasteiger partial charge in [0, 0.05) is 30.3 Å². The van der Waals surface area contributed by atoms with E-state index in [1.165, 1.54) is 24.3 Å². The molecule has 0 atom stereocenters. The fourth-order valence-electron chi connectivity index (χ4n) is 2.77. The van der Waals surface area contributed by atoms with Crippen LogP contribution in [0.4, 0.5) is 11.4 Å². The predicted molar refractivity (Wildman–Crippen MR) is 99.5 cm³/mol. The van der Waals surface area contributed by atoms with Crippen LogP contribution in [-0.4, -0.2) is 23.2 Å². The van der Waals surface area contributed by atoms with Gasteiger partial charge in [-0.15, -0.1) is 0 Å². The second kappa shape index (κ2) is 7.49. The van der Waals surface area contributed by atoms with E-state index in [1.807, 2.05) is 0 Å². The van der Waals surface area contributed by atoms with E-state index in [0.29, 0.717) is 24.1 Å². The number of nitro groups is 1. The first-order chi connectivity index (χ1) is 12.5. The molecular weight excluding hydrogens is 356 g/mol. The SMILES string of the molecule is O=C(/C=C/c1ccc([N+](=O)[O-])c(Cl)c1)c1ccc(N2CCCC2=O)cc1. The predicted octanol–water partition coefficient (Wildman–Crippen LogP) is 4.27. The van der Waals surface area contributed by atoms with Crippen molar-refractivity contribution < 1.29 is 14.5 Å².